The van der Waals surface area contributed by atoms with Crippen LogP contribution in [-0.2, 0) is 19.1 Å². The van der Waals surface area contributed by atoms with Crippen LogP contribution in [0.1, 0.15) is 239 Å². The third-order valence-corrected chi connectivity index (χ3v) is 11.4. The molecule has 7 nitrogen and oxygen atoms in total. The topological polar surface area (TPSA) is 119 Å². The van der Waals surface area contributed by atoms with Gasteiger partial charge in [-0.3, -0.25) is 9.59 Å². The van der Waals surface area contributed by atoms with Crippen LogP contribution in [0.5, 0.6) is 0 Å². The molecule has 0 aliphatic heterocycles. The molecule has 2 unspecified atom stereocenters. The first-order chi connectivity index (χ1) is 31.4. The van der Waals surface area contributed by atoms with Gasteiger partial charge in [-0.25, -0.2) is 4.79 Å². The number of allylic oxidation sites excluding steroid dienone is 14. The SMILES string of the molecule is CC/C=C\C/C=C\C/C=C\C/C=C\C/C=C\C/C=C\CCCCCCC(=O)OC(CCCCC/C=C\CCCCCCCCCC)CCCCCCCC(=O)NC(CCCN)C(=O)O. The minimum Gasteiger partial charge on any atom is -0.480 e. The highest BCUT2D eigenvalue weighted by molar-refractivity contribution is 5.83. The number of ether oxygens (including phenoxy) is 1. The quantitative estimate of drug-likeness (QED) is 0.0318. The minimum atomic E-state index is -1.01. The fraction of sp³-hybridized carbons (Fsp3) is 0.702. The molecular weight excluding hydrogens is 793 g/mol. The largest absolute Gasteiger partial charge is 0.480 e. The summed E-state index contributed by atoms with van der Waals surface area (Å²) in [5.74, 6) is -1.27. The number of hydrogen-bond donors (Lipinski definition) is 3. The number of esters is 1. The van der Waals surface area contributed by atoms with E-state index in [1.807, 2.05) is 0 Å². The monoisotopic (exact) mass is 891 g/mol. The fourth-order valence-electron chi connectivity index (χ4n) is 7.51. The van der Waals surface area contributed by atoms with Crippen molar-refractivity contribution in [1.82, 2.24) is 5.32 Å². The first-order valence-electron chi connectivity index (χ1n) is 26.4. The molecule has 0 aromatic rings. The Labute approximate surface area is 394 Å². The van der Waals surface area contributed by atoms with E-state index in [1.54, 1.807) is 0 Å². The smallest absolute Gasteiger partial charge is 0.326 e. The molecule has 366 valence electrons. The molecule has 64 heavy (non-hydrogen) atoms. The van der Waals surface area contributed by atoms with Crippen molar-refractivity contribution in [2.75, 3.05) is 6.54 Å². The van der Waals surface area contributed by atoms with Crippen molar-refractivity contribution in [3.63, 3.8) is 0 Å². The average Bonchev–Trinajstić information content (AvgIpc) is 3.28. The van der Waals surface area contributed by atoms with E-state index in [2.05, 4.69) is 104 Å². The molecule has 1 amide bonds. The van der Waals surface area contributed by atoms with E-state index in [9.17, 15) is 19.5 Å². The highest BCUT2D eigenvalue weighted by Gasteiger charge is 2.19. The predicted molar refractivity (Wildman–Crippen MR) is 275 cm³/mol. The van der Waals surface area contributed by atoms with Crippen LogP contribution in [0.25, 0.3) is 0 Å². The average molecular weight is 891 g/mol. The number of carboxylic acids is 1. The number of nitrogens with two attached hydrogens (primary N) is 1. The van der Waals surface area contributed by atoms with Crippen LogP contribution in [0.15, 0.2) is 85.1 Å². The molecule has 2 atom stereocenters. The summed E-state index contributed by atoms with van der Waals surface area (Å²) in [6.07, 6.45) is 67.8. The van der Waals surface area contributed by atoms with E-state index in [0.717, 1.165) is 135 Å². The van der Waals surface area contributed by atoms with Gasteiger partial charge in [0, 0.05) is 12.8 Å². The van der Waals surface area contributed by atoms with Crippen LogP contribution in [0.4, 0.5) is 0 Å². The Morgan fingerprint density at radius 3 is 1.33 bits per heavy atom. The number of amides is 1. The van der Waals surface area contributed by atoms with E-state index in [0.29, 0.717) is 32.2 Å². The number of rotatable bonds is 47. The van der Waals surface area contributed by atoms with E-state index < -0.39 is 12.0 Å². The van der Waals surface area contributed by atoms with Crippen molar-refractivity contribution in [2.45, 2.75) is 251 Å². The Morgan fingerprint density at radius 2 is 0.859 bits per heavy atom. The van der Waals surface area contributed by atoms with Gasteiger partial charge in [0.2, 0.25) is 5.91 Å². The lowest BCUT2D eigenvalue weighted by Crippen LogP contribution is -2.40. The van der Waals surface area contributed by atoms with Crippen LogP contribution in [0, 0.1) is 0 Å². The van der Waals surface area contributed by atoms with Crippen molar-refractivity contribution in [1.29, 1.82) is 0 Å². The van der Waals surface area contributed by atoms with Gasteiger partial charge in [0.15, 0.2) is 0 Å². The summed E-state index contributed by atoms with van der Waals surface area (Å²) in [4.78, 5) is 36.6. The highest BCUT2D eigenvalue weighted by atomic mass is 16.5. The summed E-state index contributed by atoms with van der Waals surface area (Å²) >= 11 is 0. The van der Waals surface area contributed by atoms with E-state index in [4.69, 9.17) is 10.5 Å². The standard InChI is InChI=1S/C57H98N2O5/c1-3-5-7-9-11-13-15-17-19-20-21-22-23-24-25-26-28-30-32-34-36-41-45-51-56(61)64-53(47-42-38-35-33-31-29-27-18-16-14-12-10-8-6-4-2)48-43-39-37-40-44-50-55(60)59-54(57(62)63)49-46-52-58/h5,7,11,13,17,19,21-22,24-25,28-31,53-54H,3-4,6,8-10,12,14-16,18,20,23,26-27,32-52,58H2,1-2H3,(H,59,60)(H,62,63)/b7-5-,13-11-,19-17-,22-21-,25-24-,30-28-,31-29-. The number of hydrogen-bond acceptors (Lipinski definition) is 5. The summed E-state index contributed by atoms with van der Waals surface area (Å²) in [7, 11) is 0. The second kappa shape index (κ2) is 50.5. The van der Waals surface area contributed by atoms with Crippen LogP contribution in [-0.4, -0.2) is 41.6 Å². The van der Waals surface area contributed by atoms with Gasteiger partial charge in [0.05, 0.1) is 0 Å². The second-order valence-electron chi connectivity index (χ2n) is 17.5. The predicted octanol–water partition coefficient (Wildman–Crippen LogP) is 16.0. The van der Waals surface area contributed by atoms with Gasteiger partial charge >= 0.3 is 11.9 Å². The maximum atomic E-state index is 12.9. The minimum absolute atomic E-state index is 0.0228. The zero-order valence-corrected chi connectivity index (χ0v) is 41.4. The van der Waals surface area contributed by atoms with Gasteiger partial charge in [-0.15, -0.1) is 0 Å². The number of aliphatic carboxylic acids is 1. The summed E-state index contributed by atoms with van der Waals surface area (Å²) in [6.45, 7) is 4.84. The zero-order valence-electron chi connectivity index (χ0n) is 41.4. The third-order valence-electron chi connectivity index (χ3n) is 11.4. The summed E-state index contributed by atoms with van der Waals surface area (Å²) in [6, 6.07) is -0.865. The maximum Gasteiger partial charge on any atom is 0.326 e. The first-order valence-corrected chi connectivity index (χ1v) is 26.4. The number of carbonyl (C=O) groups excluding carboxylic acids is 2. The van der Waals surface area contributed by atoms with Crippen molar-refractivity contribution in [3.05, 3.63) is 85.1 Å². The molecule has 0 bridgehead atoms. The summed E-state index contributed by atoms with van der Waals surface area (Å²) in [5.41, 5.74) is 5.50. The molecule has 0 aromatic heterocycles. The van der Waals surface area contributed by atoms with Crippen molar-refractivity contribution < 1.29 is 24.2 Å². The lowest BCUT2D eigenvalue weighted by atomic mass is 10.0. The molecule has 0 spiro atoms. The normalized spacial score (nSPS) is 13.3. The van der Waals surface area contributed by atoms with Crippen LogP contribution >= 0.6 is 0 Å². The number of carboxylic acid groups (broad SMARTS) is 1. The zero-order chi connectivity index (χ0) is 46.7. The Balaban J connectivity index is 4.38. The highest BCUT2D eigenvalue weighted by Crippen LogP contribution is 2.18. The van der Waals surface area contributed by atoms with Crippen LogP contribution in [0.2, 0.25) is 0 Å². The van der Waals surface area contributed by atoms with Crippen molar-refractivity contribution in [2.24, 2.45) is 5.73 Å². The number of unbranched alkanes of at least 4 members (excludes halogenated alkanes) is 19. The molecule has 0 radical (unpaired) electrons. The molecule has 0 saturated heterocycles. The Morgan fingerprint density at radius 1 is 0.469 bits per heavy atom. The number of carbonyl (C=O) groups is 3. The van der Waals surface area contributed by atoms with Crippen molar-refractivity contribution >= 4 is 17.8 Å². The summed E-state index contributed by atoms with van der Waals surface area (Å²) < 4.78 is 6.07. The molecular formula is C57H98N2O5. The maximum absolute atomic E-state index is 12.9. The van der Waals surface area contributed by atoms with Gasteiger partial charge in [-0.1, -0.05) is 182 Å². The van der Waals surface area contributed by atoms with Crippen molar-refractivity contribution in [3.8, 4) is 0 Å². The molecule has 0 heterocycles. The van der Waals surface area contributed by atoms with Crippen LogP contribution < -0.4 is 11.1 Å². The first kappa shape index (κ1) is 60.5. The number of nitrogens with one attached hydrogen (secondary N) is 1. The lowest BCUT2D eigenvalue weighted by Gasteiger charge is -2.18. The third kappa shape index (κ3) is 46.5. The molecule has 0 saturated carbocycles. The molecule has 7 heteroatoms. The molecule has 0 aromatic carbocycles. The second-order valence-corrected chi connectivity index (χ2v) is 17.5. The molecule has 0 aliphatic carbocycles. The Kier molecular flexibility index (Phi) is 47.8. The Bertz CT molecular complexity index is 1280. The molecule has 0 aliphatic rings. The van der Waals surface area contributed by atoms with Gasteiger partial charge in [-0.2, -0.15) is 0 Å². The van der Waals surface area contributed by atoms with Gasteiger partial charge in [0.25, 0.3) is 0 Å². The van der Waals surface area contributed by atoms with E-state index in [1.165, 1.54) is 64.2 Å². The molecule has 0 fully saturated rings. The summed E-state index contributed by atoms with van der Waals surface area (Å²) in [5, 5.41) is 12.0. The fourth-order valence-corrected chi connectivity index (χ4v) is 7.51. The van der Waals surface area contributed by atoms with E-state index >= 15 is 0 Å². The van der Waals surface area contributed by atoms with Gasteiger partial charge in [-0.05, 0) is 135 Å². The lowest BCUT2D eigenvalue weighted by molar-refractivity contribution is -0.150. The van der Waals surface area contributed by atoms with Crippen LogP contribution in [0.3, 0.4) is 0 Å². The molecule has 0 rings (SSSR count). The Hall–Kier alpha value is -3.45. The van der Waals surface area contributed by atoms with Gasteiger partial charge < -0.3 is 20.9 Å². The van der Waals surface area contributed by atoms with E-state index in [-0.39, 0.29) is 18.0 Å². The van der Waals surface area contributed by atoms with Gasteiger partial charge in [0.1, 0.15) is 12.1 Å². The molecule has 4 N–H and O–H groups in total.